The highest BCUT2D eigenvalue weighted by Gasteiger charge is 2.27. The average molecular weight is 242 g/mol. The lowest BCUT2D eigenvalue weighted by Gasteiger charge is -2.32. The summed E-state index contributed by atoms with van der Waals surface area (Å²) in [5, 5.41) is 0. The first-order chi connectivity index (χ1) is 8.65. The number of hydrogen-bond donors (Lipinski definition) is 1. The number of carbonyl (C=O) groups excluding carboxylic acids is 1. The van der Waals surface area contributed by atoms with Gasteiger partial charge in [0.05, 0.1) is 6.04 Å². The summed E-state index contributed by atoms with van der Waals surface area (Å²) in [6.45, 7) is 2.76. The molecule has 2 rings (SSSR count). The van der Waals surface area contributed by atoms with Crippen LogP contribution < -0.4 is 10.6 Å². The van der Waals surface area contributed by atoms with Gasteiger partial charge >= 0.3 is 0 Å². The fourth-order valence-corrected chi connectivity index (χ4v) is 2.48. The second-order valence-electron chi connectivity index (χ2n) is 4.69. The molecule has 0 aliphatic carbocycles. The number of terminal acetylenes is 1. The van der Waals surface area contributed by atoms with Gasteiger partial charge in [-0.25, -0.2) is 0 Å². The van der Waals surface area contributed by atoms with Crippen molar-refractivity contribution in [2.45, 2.75) is 32.2 Å². The molecule has 1 atom stereocenters. The second kappa shape index (κ2) is 5.24. The maximum atomic E-state index is 12.3. The monoisotopic (exact) mass is 242 g/mol. The molecule has 1 aromatic carbocycles. The van der Waals surface area contributed by atoms with Gasteiger partial charge in [-0.1, -0.05) is 18.2 Å². The summed E-state index contributed by atoms with van der Waals surface area (Å²) in [5.41, 5.74) is 9.20. The molecule has 1 aliphatic rings. The number of para-hydroxylation sites is 1. The standard InChI is InChI=1S/C15H18N2O/c1-3-6-13(16)15(18)17-10-5-9-12-8-4-7-11(2)14(12)17/h1,4,7-8,13H,5-6,9-10,16H2,2H3. The Morgan fingerprint density at radius 1 is 1.61 bits per heavy atom. The Labute approximate surface area is 108 Å². The molecular formula is C15H18N2O. The van der Waals surface area contributed by atoms with Crippen LogP contribution in [0.15, 0.2) is 18.2 Å². The van der Waals surface area contributed by atoms with E-state index in [1.807, 2.05) is 19.1 Å². The number of hydrogen-bond acceptors (Lipinski definition) is 2. The van der Waals surface area contributed by atoms with E-state index in [2.05, 4.69) is 12.0 Å². The summed E-state index contributed by atoms with van der Waals surface area (Å²) in [4.78, 5) is 14.1. The number of benzene rings is 1. The van der Waals surface area contributed by atoms with Gasteiger partial charge in [-0.3, -0.25) is 4.79 Å². The molecule has 0 bridgehead atoms. The minimum Gasteiger partial charge on any atom is -0.319 e. The van der Waals surface area contributed by atoms with Crippen LogP contribution in [0.25, 0.3) is 0 Å². The van der Waals surface area contributed by atoms with Crippen molar-refractivity contribution in [2.24, 2.45) is 5.73 Å². The first kappa shape index (κ1) is 12.7. The normalized spacial score (nSPS) is 15.7. The van der Waals surface area contributed by atoms with Gasteiger partial charge in [-0.2, -0.15) is 0 Å². The van der Waals surface area contributed by atoms with Gasteiger partial charge in [0, 0.05) is 18.7 Å². The van der Waals surface area contributed by atoms with E-state index < -0.39 is 6.04 Å². The highest BCUT2D eigenvalue weighted by atomic mass is 16.2. The lowest BCUT2D eigenvalue weighted by Crippen LogP contribution is -2.46. The number of amides is 1. The lowest BCUT2D eigenvalue weighted by atomic mass is 9.97. The number of nitrogens with two attached hydrogens (primary N) is 1. The number of rotatable bonds is 2. The predicted molar refractivity (Wildman–Crippen MR) is 73.3 cm³/mol. The maximum Gasteiger partial charge on any atom is 0.244 e. The number of anilines is 1. The zero-order valence-electron chi connectivity index (χ0n) is 10.6. The smallest absolute Gasteiger partial charge is 0.244 e. The van der Waals surface area contributed by atoms with Gasteiger partial charge in [-0.15, -0.1) is 12.3 Å². The fourth-order valence-electron chi connectivity index (χ4n) is 2.48. The molecule has 0 saturated carbocycles. The summed E-state index contributed by atoms with van der Waals surface area (Å²) in [6, 6.07) is 5.54. The molecule has 2 N–H and O–H groups in total. The summed E-state index contributed by atoms with van der Waals surface area (Å²) in [6.07, 6.45) is 7.50. The predicted octanol–water partition coefficient (Wildman–Crippen LogP) is 1.62. The Balaban J connectivity index is 2.33. The van der Waals surface area contributed by atoms with Crippen LogP contribution in [0.5, 0.6) is 0 Å². The van der Waals surface area contributed by atoms with E-state index in [1.54, 1.807) is 4.90 Å². The van der Waals surface area contributed by atoms with Crippen LogP contribution in [-0.2, 0) is 11.2 Å². The third-order valence-corrected chi connectivity index (χ3v) is 3.34. The molecule has 1 aliphatic heterocycles. The molecule has 1 heterocycles. The molecule has 0 radical (unpaired) electrons. The largest absolute Gasteiger partial charge is 0.319 e. The number of fused-ring (bicyclic) bond motifs is 1. The first-order valence-corrected chi connectivity index (χ1v) is 6.24. The molecule has 1 amide bonds. The number of nitrogens with zero attached hydrogens (tertiary/aromatic N) is 1. The van der Waals surface area contributed by atoms with Crippen molar-refractivity contribution >= 4 is 11.6 Å². The van der Waals surface area contributed by atoms with E-state index in [9.17, 15) is 4.79 Å². The van der Waals surface area contributed by atoms with E-state index in [0.717, 1.165) is 30.6 Å². The molecule has 0 spiro atoms. The molecule has 94 valence electrons. The molecule has 0 fully saturated rings. The van der Waals surface area contributed by atoms with Crippen molar-refractivity contribution in [3.63, 3.8) is 0 Å². The summed E-state index contributed by atoms with van der Waals surface area (Å²) in [7, 11) is 0. The van der Waals surface area contributed by atoms with Crippen molar-refractivity contribution < 1.29 is 4.79 Å². The Hall–Kier alpha value is -1.79. The third kappa shape index (κ3) is 2.25. The Morgan fingerprint density at radius 2 is 2.39 bits per heavy atom. The summed E-state index contributed by atoms with van der Waals surface area (Å²) >= 11 is 0. The van der Waals surface area contributed by atoms with Crippen molar-refractivity contribution in [1.82, 2.24) is 0 Å². The Kier molecular flexibility index (Phi) is 3.69. The van der Waals surface area contributed by atoms with Gasteiger partial charge < -0.3 is 10.6 Å². The molecule has 18 heavy (non-hydrogen) atoms. The Bertz CT molecular complexity index is 502. The average Bonchev–Trinajstić information content (AvgIpc) is 2.38. The van der Waals surface area contributed by atoms with Crippen LogP contribution in [0.2, 0.25) is 0 Å². The molecule has 3 heteroatoms. The van der Waals surface area contributed by atoms with E-state index in [1.165, 1.54) is 5.56 Å². The SMILES string of the molecule is C#CCC(N)C(=O)N1CCCc2cccc(C)c21. The van der Waals surface area contributed by atoms with Crippen LogP contribution >= 0.6 is 0 Å². The van der Waals surface area contributed by atoms with Crippen molar-refractivity contribution in [2.75, 3.05) is 11.4 Å². The number of carbonyl (C=O) groups is 1. The van der Waals surface area contributed by atoms with Crippen LogP contribution in [0.3, 0.4) is 0 Å². The second-order valence-corrected chi connectivity index (χ2v) is 4.69. The maximum absolute atomic E-state index is 12.3. The van der Waals surface area contributed by atoms with E-state index in [0.29, 0.717) is 0 Å². The quantitative estimate of drug-likeness (QED) is 0.801. The minimum absolute atomic E-state index is 0.0665. The molecule has 3 nitrogen and oxygen atoms in total. The van der Waals surface area contributed by atoms with Crippen LogP contribution in [0.4, 0.5) is 5.69 Å². The van der Waals surface area contributed by atoms with E-state index in [4.69, 9.17) is 12.2 Å². The highest BCUT2D eigenvalue weighted by molar-refractivity contribution is 5.98. The van der Waals surface area contributed by atoms with Crippen molar-refractivity contribution in [1.29, 1.82) is 0 Å². The van der Waals surface area contributed by atoms with Crippen LogP contribution in [0.1, 0.15) is 24.0 Å². The van der Waals surface area contributed by atoms with Gasteiger partial charge in [0.1, 0.15) is 0 Å². The molecular weight excluding hydrogens is 224 g/mol. The third-order valence-electron chi connectivity index (χ3n) is 3.34. The highest BCUT2D eigenvalue weighted by Crippen LogP contribution is 2.30. The van der Waals surface area contributed by atoms with E-state index >= 15 is 0 Å². The molecule has 0 saturated heterocycles. The topological polar surface area (TPSA) is 46.3 Å². The van der Waals surface area contributed by atoms with Gasteiger partial charge in [-0.05, 0) is 30.9 Å². The van der Waals surface area contributed by atoms with Gasteiger partial charge in [0.15, 0.2) is 0 Å². The van der Waals surface area contributed by atoms with Gasteiger partial charge in [0.25, 0.3) is 0 Å². The first-order valence-electron chi connectivity index (χ1n) is 6.24. The van der Waals surface area contributed by atoms with Gasteiger partial charge in [0.2, 0.25) is 5.91 Å². The molecule has 1 aromatic rings. The van der Waals surface area contributed by atoms with Crippen molar-refractivity contribution in [3.05, 3.63) is 29.3 Å². The lowest BCUT2D eigenvalue weighted by molar-refractivity contribution is -0.119. The molecule has 1 unspecified atom stereocenters. The zero-order valence-corrected chi connectivity index (χ0v) is 10.6. The Morgan fingerprint density at radius 3 is 3.11 bits per heavy atom. The minimum atomic E-state index is -0.597. The van der Waals surface area contributed by atoms with E-state index in [-0.39, 0.29) is 12.3 Å². The van der Waals surface area contributed by atoms with Crippen LogP contribution in [-0.4, -0.2) is 18.5 Å². The summed E-state index contributed by atoms with van der Waals surface area (Å²) < 4.78 is 0. The number of aryl methyl sites for hydroxylation is 2. The zero-order chi connectivity index (χ0) is 13.1. The fraction of sp³-hybridized carbons (Fsp3) is 0.400. The van der Waals surface area contributed by atoms with Crippen molar-refractivity contribution in [3.8, 4) is 12.3 Å². The van der Waals surface area contributed by atoms with Crippen LogP contribution in [0, 0.1) is 19.3 Å². The summed E-state index contributed by atoms with van der Waals surface area (Å²) in [5.74, 6) is 2.39. The molecule has 0 aromatic heterocycles.